The van der Waals surface area contributed by atoms with Gasteiger partial charge in [0.25, 0.3) is 5.91 Å². The summed E-state index contributed by atoms with van der Waals surface area (Å²) >= 11 is 0. The summed E-state index contributed by atoms with van der Waals surface area (Å²) in [6, 6.07) is 9.07. The van der Waals surface area contributed by atoms with Crippen molar-refractivity contribution < 1.29 is 27.4 Å². The molecule has 2 aromatic rings. The highest BCUT2D eigenvalue weighted by Crippen LogP contribution is 2.31. The number of carbonyl (C=O) groups excluding carboxylic acids is 1. The van der Waals surface area contributed by atoms with Crippen LogP contribution < -0.4 is 14.8 Å². The Balaban J connectivity index is 2.14. The van der Waals surface area contributed by atoms with Crippen molar-refractivity contribution in [2.24, 2.45) is 0 Å². The van der Waals surface area contributed by atoms with Gasteiger partial charge in [-0.25, -0.2) is 0 Å². The minimum Gasteiger partial charge on any atom is -0.493 e. The van der Waals surface area contributed by atoms with Crippen LogP contribution in [0.25, 0.3) is 0 Å². The van der Waals surface area contributed by atoms with Gasteiger partial charge >= 0.3 is 6.18 Å². The van der Waals surface area contributed by atoms with Crippen LogP contribution in [0.4, 0.5) is 13.2 Å². The van der Waals surface area contributed by atoms with Gasteiger partial charge in [-0.1, -0.05) is 19.1 Å². The molecular weight excluding hydrogens is 359 g/mol. The van der Waals surface area contributed by atoms with E-state index in [2.05, 4.69) is 5.32 Å². The Bertz CT molecular complexity index is 790. The lowest BCUT2D eigenvalue weighted by Gasteiger charge is -2.17. The van der Waals surface area contributed by atoms with E-state index in [1.165, 1.54) is 13.2 Å². The fourth-order valence-corrected chi connectivity index (χ4v) is 2.49. The molecular formula is C20H22F3NO3. The van der Waals surface area contributed by atoms with Crippen molar-refractivity contribution in [3.63, 3.8) is 0 Å². The van der Waals surface area contributed by atoms with E-state index in [0.717, 1.165) is 18.6 Å². The highest BCUT2D eigenvalue weighted by atomic mass is 19.4. The van der Waals surface area contributed by atoms with Gasteiger partial charge in [0, 0.05) is 5.56 Å². The quantitative estimate of drug-likeness (QED) is 0.735. The number of hydrogen-bond donors (Lipinski definition) is 1. The maximum absolute atomic E-state index is 12.9. The van der Waals surface area contributed by atoms with Gasteiger partial charge in [0.1, 0.15) is 0 Å². The molecule has 1 unspecified atom stereocenters. The summed E-state index contributed by atoms with van der Waals surface area (Å²) in [6.07, 6.45) is -3.60. The van der Waals surface area contributed by atoms with Crippen molar-refractivity contribution in [2.45, 2.75) is 32.5 Å². The Kier molecular flexibility index (Phi) is 6.71. The summed E-state index contributed by atoms with van der Waals surface area (Å²) in [4.78, 5) is 12.5. The van der Waals surface area contributed by atoms with Crippen LogP contribution in [0.5, 0.6) is 11.5 Å². The molecule has 0 spiro atoms. The van der Waals surface area contributed by atoms with Gasteiger partial charge in [-0.3, -0.25) is 4.79 Å². The van der Waals surface area contributed by atoms with E-state index in [4.69, 9.17) is 9.47 Å². The first-order chi connectivity index (χ1) is 12.8. The molecule has 27 heavy (non-hydrogen) atoms. The Labute approximate surface area is 156 Å². The highest BCUT2D eigenvalue weighted by molar-refractivity contribution is 5.95. The lowest BCUT2D eigenvalue weighted by molar-refractivity contribution is -0.137. The van der Waals surface area contributed by atoms with Crippen LogP contribution in [0.3, 0.4) is 0 Å². The molecule has 2 aromatic carbocycles. The average Bonchev–Trinajstić information content (AvgIpc) is 2.65. The van der Waals surface area contributed by atoms with E-state index in [9.17, 15) is 18.0 Å². The van der Waals surface area contributed by atoms with E-state index in [1.54, 1.807) is 31.2 Å². The molecule has 1 amide bonds. The zero-order chi connectivity index (χ0) is 20.0. The monoisotopic (exact) mass is 381 g/mol. The normalized spacial score (nSPS) is 12.4. The van der Waals surface area contributed by atoms with Gasteiger partial charge in [-0.15, -0.1) is 0 Å². The molecule has 0 bridgehead atoms. The van der Waals surface area contributed by atoms with Gasteiger partial charge in [0.2, 0.25) is 0 Å². The lowest BCUT2D eigenvalue weighted by atomic mass is 10.0. The summed E-state index contributed by atoms with van der Waals surface area (Å²) in [5, 5.41) is 2.70. The summed E-state index contributed by atoms with van der Waals surface area (Å²) in [5.41, 5.74) is -0.0530. The van der Waals surface area contributed by atoms with Gasteiger partial charge < -0.3 is 14.8 Å². The molecule has 0 aliphatic heterocycles. The summed E-state index contributed by atoms with van der Waals surface area (Å²) < 4.78 is 49.4. The summed E-state index contributed by atoms with van der Waals surface area (Å²) in [7, 11) is 1.47. The van der Waals surface area contributed by atoms with Crippen LogP contribution in [0.1, 0.15) is 47.8 Å². The molecule has 2 rings (SSSR count). The van der Waals surface area contributed by atoms with Crippen LogP contribution >= 0.6 is 0 Å². The minimum absolute atomic E-state index is 0.328. The van der Waals surface area contributed by atoms with Crippen molar-refractivity contribution in [1.29, 1.82) is 0 Å². The Morgan fingerprint density at radius 3 is 2.52 bits per heavy atom. The number of hydrogen-bond acceptors (Lipinski definition) is 3. The fraction of sp³-hybridized carbons (Fsp3) is 0.350. The topological polar surface area (TPSA) is 47.6 Å². The van der Waals surface area contributed by atoms with Crippen molar-refractivity contribution in [3.8, 4) is 11.5 Å². The molecule has 0 saturated heterocycles. The molecule has 0 aliphatic rings. The van der Waals surface area contributed by atoms with Gasteiger partial charge in [0.15, 0.2) is 11.5 Å². The SMILES string of the molecule is CCCOc1ccc(C(=O)NC(C)c2cccc(C(F)(F)F)c2)cc1OC. The first kappa shape index (κ1) is 20.6. The number of methoxy groups -OCH3 is 1. The molecule has 1 atom stereocenters. The van der Waals surface area contributed by atoms with Crippen LogP contribution in [-0.4, -0.2) is 19.6 Å². The van der Waals surface area contributed by atoms with Gasteiger partial charge in [0.05, 0.1) is 25.3 Å². The van der Waals surface area contributed by atoms with E-state index in [-0.39, 0.29) is 0 Å². The fourth-order valence-electron chi connectivity index (χ4n) is 2.49. The first-order valence-corrected chi connectivity index (χ1v) is 8.55. The molecule has 0 aromatic heterocycles. The second-order valence-electron chi connectivity index (χ2n) is 6.03. The molecule has 0 fully saturated rings. The second-order valence-corrected chi connectivity index (χ2v) is 6.03. The predicted molar refractivity (Wildman–Crippen MR) is 96.1 cm³/mol. The maximum Gasteiger partial charge on any atom is 0.416 e. The number of carbonyl (C=O) groups is 1. The third-order valence-electron chi connectivity index (χ3n) is 3.95. The standard InChI is InChI=1S/C20H22F3NO3/c1-4-10-27-17-9-8-15(12-18(17)26-3)19(25)24-13(2)14-6-5-7-16(11-14)20(21,22)23/h5-9,11-13H,4,10H2,1-3H3,(H,24,25). The molecule has 1 N–H and O–H groups in total. The Hall–Kier alpha value is -2.70. The number of alkyl halides is 3. The minimum atomic E-state index is -4.43. The maximum atomic E-state index is 12.9. The molecule has 0 radical (unpaired) electrons. The largest absolute Gasteiger partial charge is 0.493 e. The smallest absolute Gasteiger partial charge is 0.416 e. The molecule has 146 valence electrons. The van der Waals surface area contributed by atoms with Crippen molar-refractivity contribution in [2.75, 3.05) is 13.7 Å². The molecule has 0 saturated carbocycles. The lowest BCUT2D eigenvalue weighted by Crippen LogP contribution is -2.26. The zero-order valence-corrected chi connectivity index (χ0v) is 15.4. The third kappa shape index (κ3) is 5.39. The number of ether oxygens (including phenoxy) is 2. The highest BCUT2D eigenvalue weighted by Gasteiger charge is 2.30. The number of benzene rings is 2. The van der Waals surface area contributed by atoms with E-state index in [0.29, 0.717) is 29.2 Å². The van der Waals surface area contributed by atoms with Crippen LogP contribution in [0.15, 0.2) is 42.5 Å². The average molecular weight is 381 g/mol. The molecule has 7 heteroatoms. The Morgan fingerprint density at radius 2 is 1.89 bits per heavy atom. The van der Waals surface area contributed by atoms with Crippen molar-refractivity contribution in [3.05, 3.63) is 59.2 Å². The molecule has 4 nitrogen and oxygen atoms in total. The third-order valence-corrected chi connectivity index (χ3v) is 3.95. The Morgan fingerprint density at radius 1 is 1.15 bits per heavy atom. The van der Waals surface area contributed by atoms with Crippen LogP contribution in [0, 0.1) is 0 Å². The molecule has 0 heterocycles. The number of halogens is 3. The summed E-state index contributed by atoms with van der Waals surface area (Å²) in [6.45, 7) is 4.13. The predicted octanol–water partition coefficient (Wildman–Crippen LogP) is 4.99. The number of amides is 1. The number of nitrogens with one attached hydrogen (secondary N) is 1. The van der Waals surface area contributed by atoms with Crippen molar-refractivity contribution >= 4 is 5.91 Å². The van der Waals surface area contributed by atoms with Crippen molar-refractivity contribution in [1.82, 2.24) is 5.32 Å². The number of rotatable bonds is 7. The zero-order valence-electron chi connectivity index (χ0n) is 15.4. The second kappa shape index (κ2) is 8.79. The summed E-state index contributed by atoms with van der Waals surface area (Å²) in [5.74, 6) is 0.532. The van der Waals surface area contributed by atoms with Gasteiger partial charge in [-0.2, -0.15) is 13.2 Å². The van der Waals surface area contributed by atoms with Gasteiger partial charge in [-0.05, 0) is 49.2 Å². The van der Waals surface area contributed by atoms with Crippen LogP contribution in [-0.2, 0) is 6.18 Å². The van der Waals surface area contributed by atoms with E-state index >= 15 is 0 Å². The van der Waals surface area contributed by atoms with Crippen LogP contribution in [0.2, 0.25) is 0 Å². The molecule has 0 aliphatic carbocycles. The van der Waals surface area contributed by atoms with E-state index in [1.807, 2.05) is 6.92 Å². The first-order valence-electron chi connectivity index (χ1n) is 8.55. The van der Waals surface area contributed by atoms with E-state index < -0.39 is 23.7 Å².